The average molecular weight is 265 g/mol. The summed E-state index contributed by atoms with van der Waals surface area (Å²) >= 11 is 0. The zero-order valence-electron chi connectivity index (χ0n) is 11.3. The van der Waals surface area contributed by atoms with Gasteiger partial charge < -0.3 is 14.6 Å². The van der Waals surface area contributed by atoms with Crippen molar-refractivity contribution in [2.24, 2.45) is 13.0 Å². The van der Waals surface area contributed by atoms with Gasteiger partial charge in [0.15, 0.2) is 5.82 Å². The van der Waals surface area contributed by atoms with E-state index in [1.54, 1.807) is 13.2 Å². The van der Waals surface area contributed by atoms with Crippen LogP contribution in [0.1, 0.15) is 26.2 Å². The number of hydrogen-bond acceptors (Lipinski definition) is 4. The van der Waals surface area contributed by atoms with Crippen molar-refractivity contribution in [2.45, 2.75) is 32.3 Å². The summed E-state index contributed by atoms with van der Waals surface area (Å²) in [5, 5.41) is 2.62. The van der Waals surface area contributed by atoms with Crippen LogP contribution in [-0.2, 0) is 16.6 Å². The van der Waals surface area contributed by atoms with Crippen LogP contribution in [0.2, 0.25) is 0 Å². The lowest BCUT2D eigenvalue weighted by Gasteiger charge is -2.29. The quantitative estimate of drug-likeness (QED) is 0.882. The number of rotatable bonds is 3. The third-order valence-electron chi connectivity index (χ3n) is 3.44. The fourth-order valence-corrected chi connectivity index (χ4v) is 2.34. The molecule has 6 heteroatoms. The summed E-state index contributed by atoms with van der Waals surface area (Å²) in [5.74, 6) is -0.303. The zero-order chi connectivity index (χ0) is 13.8. The van der Waals surface area contributed by atoms with Gasteiger partial charge in [-0.05, 0) is 19.3 Å². The third kappa shape index (κ3) is 3.01. The zero-order valence-corrected chi connectivity index (χ0v) is 11.3. The van der Waals surface area contributed by atoms with Gasteiger partial charge in [-0.2, -0.15) is 0 Å². The normalized spacial score (nSPS) is 23.1. The maximum atomic E-state index is 12.2. The van der Waals surface area contributed by atoms with Gasteiger partial charge in [0.05, 0.1) is 12.0 Å². The van der Waals surface area contributed by atoms with Gasteiger partial charge in [-0.1, -0.05) is 6.92 Å². The highest BCUT2D eigenvalue weighted by molar-refractivity contribution is 5.91. The summed E-state index contributed by atoms with van der Waals surface area (Å²) in [6.07, 6.45) is 5.42. The highest BCUT2D eigenvalue weighted by Gasteiger charge is 2.31. The van der Waals surface area contributed by atoms with Crippen LogP contribution in [-0.4, -0.2) is 28.2 Å². The van der Waals surface area contributed by atoms with Crippen molar-refractivity contribution in [3.63, 3.8) is 0 Å². The van der Waals surface area contributed by atoms with Crippen LogP contribution in [0.3, 0.4) is 0 Å². The number of carbonyl (C=O) groups is 1. The highest BCUT2D eigenvalue weighted by Crippen LogP contribution is 2.24. The number of aryl methyl sites for hydroxylation is 1. The van der Waals surface area contributed by atoms with Crippen LogP contribution in [0.4, 0.5) is 5.82 Å². The van der Waals surface area contributed by atoms with Gasteiger partial charge in [-0.3, -0.25) is 9.59 Å². The summed E-state index contributed by atoms with van der Waals surface area (Å²) < 4.78 is 6.97. The number of amides is 1. The molecule has 0 bridgehead atoms. The van der Waals surface area contributed by atoms with Crippen molar-refractivity contribution in [1.29, 1.82) is 0 Å². The van der Waals surface area contributed by atoms with Crippen molar-refractivity contribution in [2.75, 3.05) is 11.9 Å². The predicted molar refractivity (Wildman–Crippen MR) is 70.9 cm³/mol. The number of ether oxygens (including phenoxy) is 1. The first-order chi connectivity index (χ1) is 9.13. The Bertz CT molecular complexity index is 512. The number of nitrogens with zero attached hydrogens (tertiary/aromatic N) is 2. The summed E-state index contributed by atoms with van der Waals surface area (Å²) in [4.78, 5) is 27.9. The first-order valence-corrected chi connectivity index (χ1v) is 6.57. The molecule has 1 fully saturated rings. The molecular weight excluding hydrogens is 246 g/mol. The molecule has 1 amide bonds. The Labute approximate surface area is 111 Å². The Hall–Kier alpha value is -1.69. The van der Waals surface area contributed by atoms with Crippen LogP contribution < -0.4 is 10.9 Å². The molecule has 0 radical (unpaired) electrons. The van der Waals surface area contributed by atoms with E-state index in [2.05, 4.69) is 10.3 Å². The number of aromatic nitrogens is 2. The molecule has 19 heavy (non-hydrogen) atoms. The summed E-state index contributed by atoms with van der Waals surface area (Å²) in [5.41, 5.74) is -0.305. The SMILES string of the molecule is CC[C@@H]1OCCC[C@@H]1C(=O)Nc1nccn(C)c1=O. The van der Waals surface area contributed by atoms with E-state index in [0.717, 1.165) is 19.3 Å². The smallest absolute Gasteiger partial charge is 0.293 e. The van der Waals surface area contributed by atoms with Crippen molar-refractivity contribution in [1.82, 2.24) is 9.55 Å². The minimum absolute atomic E-state index is 0.0682. The van der Waals surface area contributed by atoms with Gasteiger partial charge in [-0.25, -0.2) is 4.98 Å². The molecule has 1 aliphatic rings. The maximum absolute atomic E-state index is 12.2. The predicted octanol–water partition coefficient (Wildman–Crippen LogP) is 0.924. The van der Waals surface area contributed by atoms with Gasteiger partial charge in [-0.15, -0.1) is 0 Å². The molecular formula is C13H19N3O3. The lowest BCUT2D eigenvalue weighted by Crippen LogP contribution is -2.39. The molecule has 1 aliphatic heterocycles. The van der Waals surface area contributed by atoms with Gasteiger partial charge >= 0.3 is 0 Å². The standard InChI is InChI=1S/C13H19N3O3/c1-3-10-9(5-4-8-19-10)12(17)15-11-13(18)16(2)7-6-14-11/h6-7,9-10H,3-5,8H2,1-2H3,(H,14,15,17)/t9-,10-/m0/s1. The molecule has 0 aliphatic carbocycles. The number of anilines is 1. The molecule has 104 valence electrons. The first kappa shape index (κ1) is 13.7. The number of nitrogens with one attached hydrogen (secondary N) is 1. The van der Waals surface area contributed by atoms with Crippen LogP contribution in [0, 0.1) is 5.92 Å². The van der Waals surface area contributed by atoms with Crippen molar-refractivity contribution in [3.05, 3.63) is 22.7 Å². The van der Waals surface area contributed by atoms with Crippen molar-refractivity contribution >= 4 is 11.7 Å². The van der Waals surface area contributed by atoms with Gasteiger partial charge in [0.2, 0.25) is 5.91 Å². The second-order valence-corrected chi connectivity index (χ2v) is 4.75. The van der Waals surface area contributed by atoms with E-state index >= 15 is 0 Å². The van der Waals surface area contributed by atoms with Crippen molar-refractivity contribution in [3.8, 4) is 0 Å². The Morgan fingerprint density at radius 3 is 3.16 bits per heavy atom. The van der Waals surface area contributed by atoms with E-state index in [9.17, 15) is 9.59 Å². The molecule has 1 N–H and O–H groups in total. The molecule has 1 saturated heterocycles. The molecule has 0 saturated carbocycles. The highest BCUT2D eigenvalue weighted by atomic mass is 16.5. The number of carbonyl (C=O) groups excluding carboxylic acids is 1. The minimum Gasteiger partial charge on any atom is -0.377 e. The fraction of sp³-hybridized carbons (Fsp3) is 0.615. The Morgan fingerprint density at radius 1 is 1.63 bits per heavy atom. The summed E-state index contributed by atoms with van der Waals surface area (Å²) in [7, 11) is 1.62. The van der Waals surface area contributed by atoms with E-state index in [-0.39, 0.29) is 29.3 Å². The Morgan fingerprint density at radius 2 is 2.42 bits per heavy atom. The van der Waals surface area contributed by atoms with Gasteiger partial charge in [0.25, 0.3) is 5.56 Å². The first-order valence-electron chi connectivity index (χ1n) is 6.57. The molecule has 1 aromatic rings. The van der Waals surface area contributed by atoms with E-state index in [4.69, 9.17) is 4.74 Å². The second kappa shape index (κ2) is 5.97. The fourth-order valence-electron chi connectivity index (χ4n) is 2.34. The molecule has 2 atom stereocenters. The third-order valence-corrected chi connectivity index (χ3v) is 3.44. The summed E-state index contributed by atoms with van der Waals surface area (Å²) in [6.45, 7) is 2.70. The Balaban J connectivity index is 2.12. The van der Waals surface area contributed by atoms with Gasteiger partial charge in [0, 0.05) is 26.0 Å². The van der Waals surface area contributed by atoms with Crippen LogP contribution >= 0.6 is 0 Å². The topological polar surface area (TPSA) is 73.2 Å². The van der Waals surface area contributed by atoms with Crippen LogP contribution in [0.5, 0.6) is 0 Å². The molecule has 6 nitrogen and oxygen atoms in total. The molecule has 2 rings (SSSR count). The van der Waals surface area contributed by atoms with Crippen LogP contribution in [0.15, 0.2) is 17.2 Å². The van der Waals surface area contributed by atoms with E-state index in [0.29, 0.717) is 6.61 Å². The molecule has 0 spiro atoms. The largest absolute Gasteiger partial charge is 0.377 e. The molecule has 0 unspecified atom stereocenters. The minimum atomic E-state index is -0.305. The second-order valence-electron chi connectivity index (χ2n) is 4.75. The summed E-state index contributed by atoms with van der Waals surface area (Å²) in [6, 6.07) is 0. The molecule has 0 aromatic carbocycles. The lowest BCUT2D eigenvalue weighted by atomic mass is 9.92. The van der Waals surface area contributed by atoms with E-state index < -0.39 is 0 Å². The monoisotopic (exact) mass is 265 g/mol. The molecule has 2 heterocycles. The Kier molecular flexibility index (Phi) is 4.31. The van der Waals surface area contributed by atoms with Gasteiger partial charge in [0.1, 0.15) is 0 Å². The van der Waals surface area contributed by atoms with Crippen molar-refractivity contribution < 1.29 is 9.53 Å². The average Bonchev–Trinajstić information content (AvgIpc) is 2.43. The van der Waals surface area contributed by atoms with Crippen LogP contribution in [0.25, 0.3) is 0 Å². The maximum Gasteiger partial charge on any atom is 0.293 e. The van der Waals surface area contributed by atoms with E-state index in [1.165, 1.54) is 10.8 Å². The number of hydrogen-bond donors (Lipinski definition) is 1. The lowest BCUT2D eigenvalue weighted by molar-refractivity contribution is -0.129. The van der Waals surface area contributed by atoms with E-state index in [1.807, 2.05) is 6.92 Å². The molecule has 1 aromatic heterocycles.